The SMILES string of the molecule is N#Cc1ccc(-n2c3ccccc3c3ccccc32)c(-c2cccc(C#N)c2-n2c3ccccc3c3ccccc32)c1. The first-order valence-electron chi connectivity index (χ1n) is 13.8. The molecule has 0 N–H and O–H groups in total. The van der Waals surface area contributed by atoms with Gasteiger partial charge in [-0.3, -0.25) is 0 Å². The molecule has 0 saturated carbocycles. The molecule has 0 aliphatic carbocycles. The fraction of sp³-hybridized carbons (Fsp3) is 0. The Bertz CT molecular complexity index is 2340. The van der Waals surface area contributed by atoms with E-state index in [-0.39, 0.29) is 0 Å². The Morgan fingerprint density at radius 1 is 0.429 bits per heavy atom. The third-order valence-electron chi connectivity index (χ3n) is 8.20. The molecule has 0 atom stereocenters. The second-order valence-electron chi connectivity index (χ2n) is 10.4. The van der Waals surface area contributed by atoms with E-state index in [9.17, 15) is 10.5 Å². The van der Waals surface area contributed by atoms with Gasteiger partial charge in [0.2, 0.25) is 0 Å². The van der Waals surface area contributed by atoms with Crippen molar-refractivity contribution in [2.45, 2.75) is 0 Å². The highest BCUT2D eigenvalue weighted by Crippen LogP contribution is 2.41. The van der Waals surface area contributed by atoms with E-state index in [0.717, 1.165) is 66.1 Å². The van der Waals surface area contributed by atoms with Crippen LogP contribution < -0.4 is 0 Å². The molecule has 0 bridgehead atoms. The first-order valence-corrected chi connectivity index (χ1v) is 13.8. The van der Waals surface area contributed by atoms with Gasteiger partial charge in [0.25, 0.3) is 0 Å². The topological polar surface area (TPSA) is 57.4 Å². The lowest BCUT2D eigenvalue weighted by atomic mass is 9.96. The molecular formula is C38H22N4. The van der Waals surface area contributed by atoms with E-state index in [1.54, 1.807) is 0 Å². The van der Waals surface area contributed by atoms with Gasteiger partial charge in [-0.25, -0.2) is 0 Å². The van der Waals surface area contributed by atoms with E-state index in [0.29, 0.717) is 11.1 Å². The van der Waals surface area contributed by atoms with Crippen molar-refractivity contribution in [3.05, 3.63) is 145 Å². The molecule has 4 heteroatoms. The lowest BCUT2D eigenvalue weighted by Crippen LogP contribution is -2.04. The first-order chi connectivity index (χ1) is 20.8. The van der Waals surface area contributed by atoms with Crippen LogP contribution in [0.25, 0.3) is 66.1 Å². The molecule has 0 spiro atoms. The van der Waals surface area contributed by atoms with Gasteiger partial charge in [0.1, 0.15) is 6.07 Å². The summed E-state index contributed by atoms with van der Waals surface area (Å²) in [6, 6.07) is 50.0. The number of rotatable bonds is 3. The fourth-order valence-corrected chi connectivity index (χ4v) is 6.45. The molecule has 0 saturated heterocycles. The van der Waals surface area contributed by atoms with Gasteiger partial charge in [-0.15, -0.1) is 0 Å². The Morgan fingerprint density at radius 2 is 0.929 bits per heavy atom. The van der Waals surface area contributed by atoms with Gasteiger partial charge < -0.3 is 9.13 Å². The number of aromatic nitrogens is 2. The molecule has 0 unspecified atom stereocenters. The van der Waals surface area contributed by atoms with Gasteiger partial charge in [0.05, 0.1) is 50.6 Å². The van der Waals surface area contributed by atoms with Crippen LogP contribution in [0.5, 0.6) is 0 Å². The van der Waals surface area contributed by atoms with Crippen LogP contribution in [-0.4, -0.2) is 9.13 Å². The molecule has 6 aromatic carbocycles. The maximum absolute atomic E-state index is 10.4. The molecule has 0 aliphatic heterocycles. The van der Waals surface area contributed by atoms with E-state index >= 15 is 0 Å². The van der Waals surface area contributed by atoms with Gasteiger partial charge in [-0.1, -0.05) is 84.9 Å². The third-order valence-corrected chi connectivity index (χ3v) is 8.20. The second kappa shape index (κ2) is 9.24. The van der Waals surface area contributed by atoms with E-state index in [1.165, 1.54) is 0 Å². The van der Waals surface area contributed by atoms with E-state index < -0.39 is 0 Å². The monoisotopic (exact) mass is 534 g/mol. The third kappa shape index (κ3) is 3.33. The van der Waals surface area contributed by atoms with Crippen LogP contribution in [0.15, 0.2) is 133 Å². The van der Waals surface area contributed by atoms with E-state index in [1.807, 2.05) is 54.6 Å². The predicted octanol–water partition coefficient (Wildman–Crippen LogP) is 9.29. The van der Waals surface area contributed by atoms with Gasteiger partial charge >= 0.3 is 0 Å². The normalized spacial score (nSPS) is 11.3. The Morgan fingerprint density at radius 3 is 1.43 bits per heavy atom. The minimum Gasteiger partial charge on any atom is -0.309 e. The molecule has 8 aromatic rings. The molecule has 194 valence electrons. The first kappa shape index (κ1) is 23.8. The smallest absolute Gasteiger partial charge is 0.101 e. The van der Waals surface area contributed by atoms with Gasteiger partial charge in [-0.05, 0) is 48.5 Å². The molecule has 2 heterocycles. The lowest BCUT2D eigenvalue weighted by Gasteiger charge is -2.19. The second-order valence-corrected chi connectivity index (χ2v) is 10.4. The van der Waals surface area contributed by atoms with Crippen molar-refractivity contribution >= 4 is 43.6 Å². The molecule has 0 aliphatic rings. The summed E-state index contributed by atoms with van der Waals surface area (Å²) in [4.78, 5) is 0. The molecule has 8 rings (SSSR count). The number of benzene rings is 6. The summed E-state index contributed by atoms with van der Waals surface area (Å²) in [5, 5.41) is 25.0. The van der Waals surface area contributed by atoms with Crippen molar-refractivity contribution in [1.82, 2.24) is 9.13 Å². The fourth-order valence-electron chi connectivity index (χ4n) is 6.45. The summed E-state index contributed by atoms with van der Waals surface area (Å²) in [5.74, 6) is 0. The minimum absolute atomic E-state index is 0.560. The summed E-state index contributed by atoms with van der Waals surface area (Å²) in [6.45, 7) is 0. The number of hydrogen-bond donors (Lipinski definition) is 0. The van der Waals surface area contributed by atoms with Crippen LogP contribution >= 0.6 is 0 Å². The van der Waals surface area contributed by atoms with Crippen molar-refractivity contribution in [3.63, 3.8) is 0 Å². The maximum Gasteiger partial charge on any atom is 0.101 e. The standard InChI is InChI=1S/C38H22N4/c39-23-25-20-21-37(41-33-16-5-1-11-27(33)28-12-2-6-17-34(28)41)32(22-25)31-15-9-10-26(24-40)38(31)42-35-18-7-3-13-29(35)30-14-4-8-19-36(30)42/h1-22H. The predicted molar refractivity (Wildman–Crippen MR) is 170 cm³/mol. The molecule has 0 amide bonds. The van der Waals surface area contributed by atoms with Gasteiger partial charge in [0.15, 0.2) is 0 Å². The lowest BCUT2D eigenvalue weighted by molar-refractivity contribution is 1.15. The Kier molecular flexibility index (Phi) is 5.22. The number of nitrogens with zero attached hydrogens (tertiary/aromatic N) is 4. The van der Waals surface area contributed by atoms with Crippen LogP contribution in [0.3, 0.4) is 0 Å². The van der Waals surface area contributed by atoms with Crippen LogP contribution in [0.2, 0.25) is 0 Å². The van der Waals surface area contributed by atoms with Crippen LogP contribution in [0.1, 0.15) is 11.1 Å². The van der Waals surface area contributed by atoms with Crippen LogP contribution in [0, 0.1) is 22.7 Å². The van der Waals surface area contributed by atoms with E-state index in [2.05, 4.69) is 100 Å². The highest BCUT2D eigenvalue weighted by Gasteiger charge is 2.22. The van der Waals surface area contributed by atoms with E-state index in [4.69, 9.17) is 0 Å². The van der Waals surface area contributed by atoms with Crippen LogP contribution in [-0.2, 0) is 0 Å². The summed E-state index contributed by atoms with van der Waals surface area (Å²) in [7, 11) is 0. The average Bonchev–Trinajstić information content (AvgIpc) is 3.57. The highest BCUT2D eigenvalue weighted by molar-refractivity contribution is 6.11. The number of hydrogen-bond acceptors (Lipinski definition) is 2. The Balaban J connectivity index is 1.54. The average molecular weight is 535 g/mol. The summed E-state index contributed by atoms with van der Waals surface area (Å²) in [5.41, 5.74) is 8.86. The molecule has 2 aromatic heterocycles. The van der Waals surface area contributed by atoms with Crippen molar-refractivity contribution in [2.24, 2.45) is 0 Å². The highest BCUT2D eigenvalue weighted by atomic mass is 15.0. The zero-order valence-electron chi connectivity index (χ0n) is 22.5. The van der Waals surface area contributed by atoms with Crippen molar-refractivity contribution in [1.29, 1.82) is 10.5 Å². The molecule has 42 heavy (non-hydrogen) atoms. The Hall–Kier alpha value is -6.10. The van der Waals surface area contributed by atoms with Crippen molar-refractivity contribution in [2.75, 3.05) is 0 Å². The summed E-state index contributed by atoms with van der Waals surface area (Å²) >= 11 is 0. The zero-order chi connectivity index (χ0) is 28.2. The minimum atomic E-state index is 0.560. The number of para-hydroxylation sites is 5. The summed E-state index contributed by atoms with van der Waals surface area (Å²) < 4.78 is 4.48. The number of fused-ring (bicyclic) bond motifs is 6. The molecule has 0 radical (unpaired) electrons. The zero-order valence-corrected chi connectivity index (χ0v) is 22.5. The number of nitriles is 2. The largest absolute Gasteiger partial charge is 0.309 e. The van der Waals surface area contributed by atoms with Crippen molar-refractivity contribution in [3.8, 4) is 34.6 Å². The van der Waals surface area contributed by atoms with Crippen molar-refractivity contribution < 1.29 is 0 Å². The molecule has 4 nitrogen and oxygen atoms in total. The molecular weight excluding hydrogens is 512 g/mol. The van der Waals surface area contributed by atoms with Gasteiger partial charge in [0, 0.05) is 32.7 Å². The summed E-state index contributed by atoms with van der Waals surface area (Å²) in [6.07, 6.45) is 0. The molecule has 0 fully saturated rings. The Labute approximate surface area is 242 Å². The maximum atomic E-state index is 10.4. The van der Waals surface area contributed by atoms with Crippen LogP contribution in [0.4, 0.5) is 0 Å². The quantitative estimate of drug-likeness (QED) is 0.227. The van der Waals surface area contributed by atoms with Gasteiger partial charge in [-0.2, -0.15) is 10.5 Å².